The van der Waals surface area contributed by atoms with Gasteiger partial charge in [0.15, 0.2) is 0 Å². The number of urea groups is 1. The second-order valence-electron chi connectivity index (χ2n) is 5.35. The number of amidine groups is 1. The lowest BCUT2D eigenvalue weighted by Crippen LogP contribution is -2.49. The van der Waals surface area contributed by atoms with Crippen LogP contribution in [-0.2, 0) is 0 Å². The summed E-state index contributed by atoms with van der Waals surface area (Å²) in [5.41, 5.74) is 5.35. The van der Waals surface area contributed by atoms with E-state index in [4.69, 9.17) is 11.1 Å². The number of rotatable bonds is 5. The van der Waals surface area contributed by atoms with Crippen LogP contribution in [0.4, 0.5) is 4.79 Å². The van der Waals surface area contributed by atoms with Crippen molar-refractivity contribution in [3.05, 3.63) is 0 Å². The lowest BCUT2D eigenvalue weighted by atomic mass is 9.96. The topological polar surface area (TPSA) is 82.2 Å². The van der Waals surface area contributed by atoms with Crippen LogP contribution in [0.1, 0.15) is 52.4 Å². The zero-order valence-electron chi connectivity index (χ0n) is 11.5. The van der Waals surface area contributed by atoms with Gasteiger partial charge in [-0.05, 0) is 26.7 Å². The number of nitrogens with one attached hydrogen (secondary N) is 2. The number of hydrogen-bond acceptors (Lipinski definition) is 2. The standard InChI is InChI=1S/C13H26N4O/c1-10(2)17(9-8-12(14)15)13(18)16-11-6-4-3-5-7-11/h10-11H,3-9H2,1-2H3,(H3,14,15)(H,16,18). The predicted octanol–water partition coefficient (Wildman–Crippen LogP) is 2.07. The van der Waals surface area contributed by atoms with Crippen LogP contribution in [0.25, 0.3) is 0 Å². The fourth-order valence-corrected chi connectivity index (χ4v) is 2.34. The summed E-state index contributed by atoms with van der Waals surface area (Å²) in [6, 6.07) is 0.441. The fraction of sp³-hybridized carbons (Fsp3) is 0.846. The molecule has 1 aliphatic carbocycles. The molecule has 18 heavy (non-hydrogen) atoms. The van der Waals surface area contributed by atoms with Crippen LogP contribution in [0.3, 0.4) is 0 Å². The molecule has 5 nitrogen and oxygen atoms in total. The summed E-state index contributed by atoms with van der Waals surface area (Å²) in [5.74, 6) is 0.131. The lowest BCUT2D eigenvalue weighted by molar-refractivity contribution is 0.177. The molecular formula is C13H26N4O. The van der Waals surface area contributed by atoms with Crippen molar-refractivity contribution in [3.63, 3.8) is 0 Å². The van der Waals surface area contributed by atoms with Gasteiger partial charge < -0.3 is 16.0 Å². The quantitative estimate of drug-likeness (QED) is 0.518. The lowest BCUT2D eigenvalue weighted by Gasteiger charge is -2.30. The highest BCUT2D eigenvalue weighted by Gasteiger charge is 2.21. The van der Waals surface area contributed by atoms with Gasteiger partial charge in [-0.25, -0.2) is 4.79 Å². The van der Waals surface area contributed by atoms with Crippen molar-refractivity contribution in [2.45, 2.75) is 64.5 Å². The zero-order valence-corrected chi connectivity index (χ0v) is 11.5. The monoisotopic (exact) mass is 254 g/mol. The van der Waals surface area contributed by atoms with E-state index in [9.17, 15) is 4.79 Å². The molecule has 0 bridgehead atoms. The molecule has 0 aromatic heterocycles. The Bertz CT molecular complexity index is 285. The molecule has 0 aromatic carbocycles. The first-order valence-electron chi connectivity index (χ1n) is 6.90. The number of carbonyl (C=O) groups is 1. The van der Waals surface area contributed by atoms with Crippen LogP contribution in [0.15, 0.2) is 0 Å². The third-order valence-electron chi connectivity index (χ3n) is 3.44. The average molecular weight is 254 g/mol. The molecule has 5 heteroatoms. The van der Waals surface area contributed by atoms with Gasteiger partial charge in [-0.15, -0.1) is 0 Å². The van der Waals surface area contributed by atoms with Crippen molar-refractivity contribution in [1.82, 2.24) is 10.2 Å². The molecule has 0 aromatic rings. The van der Waals surface area contributed by atoms with Gasteiger partial charge in [0.2, 0.25) is 0 Å². The minimum absolute atomic E-state index is 0.0156. The summed E-state index contributed by atoms with van der Waals surface area (Å²) in [6.45, 7) is 4.49. The smallest absolute Gasteiger partial charge is 0.317 e. The molecule has 0 heterocycles. The van der Waals surface area contributed by atoms with Crippen molar-refractivity contribution in [2.75, 3.05) is 6.54 Å². The van der Waals surface area contributed by atoms with E-state index >= 15 is 0 Å². The maximum Gasteiger partial charge on any atom is 0.317 e. The zero-order chi connectivity index (χ0) is 13.5. The first-order chi connectivity index (χ1) is 8.50. The summed E-state index contributed by atoms with van der Waals surface area (Å²) in [5, 5.41) is 10.3. The molecule has 104 valence electrons. The largest absolute Gasteiger partial charge is 0.388 e. The molecule has 0 radical (unpaired) electrons. The van der Waals surface area contributed by atoms with E-state index in [0.717, 1.165) is 12.8 Å². The van der Waals surface area contributed by atoms with Gasteiger partial charge in [-0.1, -0.05) is 19.3 Å². The molecule has 0 spiro atoms. The van der Waals surface area contributed by atoms with E-state index in [1.165, 1.54) is 19.3 Å². The Kier molecular flexibility index (Phi) is 5.95. The highest BCUT2D eigenvalue weighted by Crippen LogP contribution is 2.17. The Labute approximate surface area is 110 Å². The van der Waals surface area contributed by atoms with Crippen LogP contribution >= 0.6 is 0 Å². The summed E-state index contributed by atoms with van der Waals surface area (Å²) in [4.78, 5) is 13.9. The molecule has 1 saturated carbocycles. The Morgan fingerprint density at radius 3 is 2.50 bits per heavy atom. The second kappa shape index (κ2) is 7.24. The van der Waals surface area contributed by atoms with Gasteiger partial charge >= 0.3 is 6.03 Å². The Balaban J connectivity index is 2.45. The molecule has 1 aliphatic rings. The highest BCUT2D eigenvalue weighted by atomic mass is 16.2. The third-order valence-corrected chi connectivity index (χ3v) is 3.44. The Hall–Kier alpha value is -1.26. The number of carbonyl (C=O) groups excluding carboxylic acids is 1. The van der Waals surface area contributed by atoms with Gasteiger partial charge in [0.1, 0.15) is 0 Å². The van der Waals surface area contributed by atoms with Crippen molar-refractivity contribution in [3.8, 4) is 0 Å². The second-order valence-corrected chi connectivity index (χ2v) is 5.35. The number of nitrogens with zero attached hydrogens (tertiary/aromatic N) is 1. The molecular weight excluding hydrogens is 228 g/mol. The minimum Gasteiger partial charge on any atom is -0.388 e. The first-order valence-corrected chi connectivity index (χ1v) is 6.90. The first kappa shape index (κ1) is 14.8. The summed E-state index contributed by atoms with van der Waals surface area (Å²) in [7, 11) is 0. The Morgan fingerprint density at radius 1 is 1.39 bits per heavy atom. The van der Waals surface area contributed by atoms with E-state index in [-0.39, 0.29) is 17.9 Å². The SMILES string of the molecule is CC(C)N(CCC(=N)N)C(=O)NC1CCCCC1. The summed E-state index contributed by atoms with van der Waals surface area (Å²) < 4.78 is 0. The van der Waals surface area contributed by atoms with Crippen molar-refractivity contribution >= 4 is 11.9 Å². The van der Waals surface area contributed by atoms with E-state index in [1.54, 1.807) is 4.90 Å². The van der Waals surface area contributed by atoms with Crippen LogP contribution in [0.5, 0.6) is 0 Å². The number of amides is 2. The van der Waals surface area contributed by atoms with Gasteiger partial charge in [0.25, 0.3) is 0 Å². The fourth-order valence-electron chi connectivity index (χ4n) is 2.34. The molecule has 1 rings (SSSR count). The maximum absolute atomic E-state index is 12.2. The van der Waals surface area contributed by atoms with Crippen LogP contribution in [0.2, 0.25) is 0 Å². The normalized spacial score (nSPS) is 16.6. The third kappa shape index (κ3) is 4.94. The molecule has 0 saturated heterocycles. The average Bonchev–Trinajstić information content (AvgIpc) is 2.29. The molecule has 0 unspecified atom stereocenters. The van der Waals surface area contributed by atoms with E-state index in [1.807, 2.05) is 13.8 Å². The Morgan fingerprint density at radius 2 is 2.00 bits per heavy atom. The van der Waals surface area contributed by atoms with Crippen molar-refractivity contribution in [2.24, 2.45) is 5.73 Å². The molecule has 0 aliphatic heterocycles. The maximum atomic E-state index is 12.2. The summed E-state index contributed by atoms with van der Waals surface area (Å²) in [6.07, 6.45) is 6.32. The van der Waals surface area contributed by atoms with E-state index < -0.39 is 0 Å². The van der Waals surface area contributed by atoms with Gasteiger partial charge in [0, 0.05) is 25.0 Å². The summed E-state index contributed by atoms with van der Waals surface area (Å²) >= 11 is 0. The van der Waals surface area contributed by atoms with Crippen molar-refractivity contribution < 1.29 is 4.79 Å². The van der Waals surface area contributed by atoms with E-state index in [0.29, 0.717) is 19.0 Å². The van der Waals surface area contributed by atoms with Gasteiger partial charge in [0.05, 0.1) is 5.84 Å². The molecule has 2 amide bonds. The molecule has 0 atom stereocenters. The highest BCUT2D eigenvalue weighted by molar-refractivity contribution is 5.79. The molecule has 4 N–H and O–H groups in total. The van der Waals surface area contributed by atoms with Crippen LogP contribution in [-0.4, -0.2) is 35.4 Å². The van der Waals surface area contributed by atoms with Crippen LogP contribution in [0, 0.1) is 5.41 Å². The predicted molar refractivity (Wildman–Crippen MR) is 73.8 cm³/mol. The van der Waals surface area contributed by atoms with Gasteiger partial charge in [-0.3, -0.25) is 5.41 Å². The van der Waals surface area contributed by atoms with E-state index in [2.05, 4.69) is 5.32 Å². The number of hydrogen-bond donors (Lipinski definition) is 3. The van der Waals surface area contributed by atoms with Crippen LogP contribution < -0.4 is 11.1 Å². The van der Waals surface area contributed by atoms with Gasteiger partial charge in [-0.2, -0.15) is 0 Å². The van der Waals surface area contributed by atoms with Crippen molar-refractivity contribution in [1.29, 1.82) is 5.41 Å². The number of nitrogens with two attached hydrogens (primary N) is 1. The molecule has 1 fully saturated rings. The minimum atomic E-state index is -0.0156.